The van der Waals surface area contributed by atoms with Gasteiger partial charge in [0.2, 0.25) is 11.8 Å². The maximum absolute atomic E-state index is 6.10. The van der Waals surface area contributed by atoms with Crippen molar-refractivity contribution < 1.29 is 4.74 Å². The molecular formula is C17H18N4O. The molecule has 5 nitrogen and oxygen atoms in total. The average Bonchev–Trinajstić information content (AvgIpc) is 3.21. The Morgan fingerprint density at radius 2 is 1.91 bits per heavy atom. The van der Waals surface area contributed by atoms with Gasteiger partial charge in [-0.2, -0.15) is 9.97 Å². The SMILES string of the molecule is Cc1cc(C2CC2)cc(C)c1Oc1nc(N)nc2[nH]ccc12. The molecule has 1 aliphatic carbocycles. The normalized spacial score (nSPS) is 14.5. The number of ether oxygens (including phenoxy) is 1. The number of nitrogens with one attached hydrogen (secondary N) is 1. The van der Waals surface area contributed by atoms with Gasteiger partial charge in [-0.1, -0.05) is 12.1 Å². The van der Waals surface area contributed by atoms with E-state index in [1.807, 2.05) is 12.3 Å². The van der Waals surface area contributed by atoms with E-state index in [1.165, 1.54) is 18.4 Å². The summed E-state index contributed by atoms with van der Waals surface area (Å²) in [7, 11) is 0. The number of hydrogen-bond acceptors (Lipinski definition) is 4. The van der Waals surface area contributed by atoms with Crippen molar-refractivity contribution in [3.63, 3.8) is 0 Å². The van der Waals surface area contributed by atoms with Gasteiger partial charge >= 0.3 is 0 Å². The number of nitrogen functional groups attached to an aromatic ring is 1. The lowest BCUT2D eigenvalue weighted by Crippen LogP contribution is -2.00. The van der Waals surface area contributed by atoms with E-state index in [9.17, 15) is 0 Å². The molecule has 112 valence electrons. The van der Waals surface area contributed by atoms with Crippen molar-refractivity contribution in [2.45, 2.75) is 32.6 Å². The molecule has 3 N–H and O–H groups in total. The zero-order valence-corrected chi connectivity index (χ0v) is 12.7. The standard InChI is InChI=1S/C17H18N4O/c1-9-7-12(11-3-4-11)8-10(2)14(9)22-16-13-5-6-19-15(13)20-17(18)21-16/h5-8,11H,3-4H2,1-2H3,(H3,18,19,20,21). The van der Waals surface area contributed by atoms with Crippen LogP contribution in [0.3, 0.4) is 0 Å². The second-order valence-corrected chi connectivity index (χ2v) is 5.99. The summed E-state index contributed by atoms with van der Waals surface area (Å²) >= 11 is 0. The summed E-state index contributed by atoms with van der Waals surface area (Å²) in [5.74, 6) is 2.28. The highest BCUT2D eigenvalue weighted by Crippen LogP contribution is 2.43. The third-order valence-corrected chi connectivity index (χ3v) is 4.13. The van der Waals surface area contributed by atoms with Crippen LogP contribution in [0.2, 0.25) is 0 Å². The minimum absolute atomic E-state index is 0.204. The van der Waals surface area contributed by atoms with Crippen molar-refractivity contribution in [2.75, 3.05) is 5.73 Å². The number of aromatic nitrogens is 3. The lowest BCUT2D eigenvalue weighted by Gasteiger charge is -2.13. The molecular weight excluding hydrogens is 276 g/mol. The molecule has 3 aromatic rings. The maximum Gasteiger partial charge on any atom is 0.233 e. The average molecular weight is 294 g/mol. The first kappa shape index (κ1) is 13.1. The molecule has 1 saturated carbocycles. The summed E-state index contributed by atoms with van der Waals surface area (Å²) in [5, 5.41) is 0.833. The van der Waals surface area contributed by atoms with Crippen LogP contribution in [-0.4, -0.2) is 15.0 Å². The van der Waals surface area contributed by atoms with E-state index < -0.39 is 0 Å². The molecule has 4 rings (SSSR count). The van der Waals surface area contributed by atoms with E-state index in [1.54, 1.807) is 0 Å². The molecule has 22 heavy (non-hydrogen) atoms. The second-order valence-electron chi connectivity index (χ2n) is 5.99. The Morgan fingerprint density at radius 3 is 2.59 bits per heavy atom. The molecule has 0 amide bonds. The lowest BCUT2D eigenvalue weighted by atomic mass is 10.0. The van der Waals surface area contributed by atoms with Crippen LogP contribution in [0.4, 0.5) is 5.95 Å². The van der Waals surface area contributed by atoms with Gasteiger partial charge in [-0.3, -0.25) is 0 Å². The van der Waals surface area contributed by atoms with Crippen LogP contribution < -0.4 is 10.5 Å². The fourth-order valence-electron chi connectivity index (χ4n) is 2.90. The first-order chi connectivity index (χ1) is 10.6. The van der Waals surface area contributed by atoms with Crippen LogP contribution in [0, 0.1) is 13.8 Å². The zero-order valence-electron chi connectivity index (χ0n) is 12.7. The predicted molar refractivity (Wildman–Crippen MR) is 86.3 cm³/mol. The summed E-state index contributed by atoms with van der Waals surface area (Å²) in [6.07, 6.45) is 4.40. The summed E-state index contributed by atoms with van der Waals surface area (Å²) in [4.78, 5) is 11.4. The van der Waals surface area contributed by atoms with Gasteiger partial charge in [0, 0.05) is 6.20 Å². The predicted octanol–water partition coefficient (Wildman–Crippen LogP) is 3.83. The van der Waals surface area contributed by atoms with E-state index in [2.05, 4.69) is 40.9 Å². The van der Waals surface area contributed by atoms with Crippen LogP contribution in [-0.2, 0) is 0 Å². The Labute approximate surface area is 128 Å². The number of aromatic amines is 1. The molecule has 0 aliphatic heterocycles. The summed E-state index contributed by atoms with van der Waals surface area (Å²) in [6, 6.07) is 6.34. The number of anilines is 1. The van der Waals surface area contributed by atoms with Gasteiger partial charge in [0.15, 0.2) is 0 Å². The van der Waals surface area contributed by atoms with Crippen molar-refractivity contribution in [1.82, 2.24) is 15.0 Å². The number of rotatable bonds is 3. The molecule has 2 heterocycles. The highest BCUT2D eigenvalue weighted by atomic mass is 16.5. The molecule has 0 saturated heterocycles. The Balaban J connectivity index is 1.77. The van der Waals surface area contributed by atoms with E-state index in [4.69, 9.17) is 10.5 Å². The zero-order chi connectivity index (χ0) is 15.3. The number of nitrogens with two attached hydrogens (primary N) is 1. The molecule has 1 aliphatic rings. The topological polar surface area (TPSA) is 76.8 Å². The second kappa shape index (κ2) is 4.73. The molecule has 5 heteroatoms. The van der Waals surface area contributed by atoms with Crippen molar-refractivity contribution >= 4 is 17.0 Å². The van der Waals surface area contributed by atoms with E-state index in [0.29, 0.717) is 11.5 Å². The first-order valence-corrected chi connectivity index (χ1v) is 7.51. The van der Waals surface area contributed by atoms with Gasteiger partial charge in [0.1, 0.15) is 11.4 Å². The molecule has 0 spiro atoms. The fourth-order valence-corrected chi connectivity index (χ4v) is 2.90. The molecule has 0 bridgehead atoms. The third-order valence-electron chi connectivity index (χ3n) is 4.13. The molecule has 1 aromatic carbocycles. The van der Waals surface area contributed by atoms with Gasteiger partial charge in [-0.25, -0.2) is 0 Å². The van der Waals surface area contributed by atoms with Gasteiger partial charge in [0.05, 0.1) is 5.39 Å². The van der Waals surface area contributed by atoms with Crippen molar-refractivity contribution in [3.8, 4) is 11.6 Å². The monoisotopic (exact) mass is 294 g/mol. The van der Waals surface area contributed by atoms with Crippen LogP contribution in [0.15, 0.2) is 24.4 Å². The molecule has 0 atom stereocenters. The number of hydrogen-bond donors (Lipinski definition) is 2. The van der Waals surface area contributed by atoms with Gasteiger partial charge in [-0.05, 0) is 55.4 Å². The van der Waals surface area contributed by atoms with Crippen LogP contribution in [0.1, 0.15) is 35.4 Å². The van der Waals surface area contributed by atoms with Crippen LogP contribution in [0.25, 0.3) is 11.0 Å². The van der Waals surface area contributed by atoms with E-state index in [0.717, 1.165) is 28.2 Å². The van der Waals surface area contributed by atoms with E-state index in [-0.39, 0.29) is 5.95 Å². The molecule has 0 radical (unpaired) electrons. The highest BCUT2D eigenvalue weighted by Gasteiger charge is 2.25. The van der Waals surface area contributed by atoms with E-state index >= 15 is 0 Å². The Hall–Kier alpha value is -2.56. The Kier molecular flexibility index (Phi) is 2.82. The molecule has 1 fully saturated rings. The van der Waals surface area contributed by atoms with Crippen LogP contribution >= 0.6 is 0 Å². The number of H-pyrrole nitrogens is 1. The molecule has 0 unspecified atom stereocenters. The van der Waals surface area contributed by atoms with Crippen molar-refractivity contribution in [1.29, 1.82) is 0 Å². The largest absolute Gasteiger partial charge is 0.438 e. The Bertz CT molecular complexity index is 841. The first-order valence-electron chi connectivity index (χ1n) is 7.51. The number of aryl methyl sites for hydroxylation is 2. The highest BCUT2D eigenvalue weighted by molar-refractivity contribution is 5.82. The van der Waals surface area contributed by atoms with Crippen molar-refractivity contribution in [3.05, 3.63) is 41.1 Å². The smallest absolute Gasteiger partial charge is 0.233 e. The fraction of sp³-hybridized carbons (Fsp3) is 0.294. The number of benzene rings is 1. The van der Waals surface area contributed by atoms with Gasteiger partial charge in [-0.15, -0.1) is 0 Å². The van der Waals surface area contributed by atoms with Gasteiger partial charge < -0.3 is 15.5 Å². The van der Waals surface area contributed by atoms with Crippen LogP contribution in [0.5, 0.6) is 11.6 Å². The summed E-state index contributed by atoms with van der Waals surface area (Å²) < 4.78 is 6.10. The quantitative estimate of drug-likeness (QED) is 0.769. The number of fused-ring (bicyclic) bond motifs is 1. The maximum atomic E-state index is 6.10. The third kappa shape index (κ3) is 2.19. The summed E-state index contributed by atoms with van der Waals surface area (Å²) in [5.41, 5.74) is 10.1. The minimum atomic E-state index is 0.204. The summed E-state index contributed by atoms with van der Waals surface area (Å²) in [6.45, 7) is 4.15. The molecule has 2 aromatic heterocycles. The van der Waals surface area contributed by atoms with Gasteiger partial charge in [0.25, 0.3) is 0 Å². The number of nitrogens with zero attached hydrogens (tertiary/aromatic N) is 2. The minimum Gasteiger partial charge on any atom is -0.438 e. The van der Waals surface area contributed by atoms with Crippen molar-refractivity contribution in [2.24, 2.45) is 0 Å². The Morgan fingerprint density at radius 1 is 1.18 bits per heavy atom. The lowest BCUT2D eigenvalue weighted by molar-refractivity contribution is 0.462.